The lowest BCUT2D eigenvalue weighted by atomic mass is 9.93. The molecule has 0 aromatic heterocycles. The van der Waals surface area contributed by atoms with Gasteiger partial charge in [-0.05, 0) is 52.1 Å². The summed E-state index contributed by atoms with van der Waals surface area (Å²) in [6.07, 6.45) is 3.14. The van der Waals surface area contributed by atoms with Gasteiger partial charge in [-0.1, -0.05) is 0 Å². The molecule has 1 heterocycles. The molecule has 0 saturated carbocycles. The third kappa shape index (κ3) is 4.92. The summed E-state index contributed by atoms with van der Waals surface area (Å²) < 4.78 is 5.20. The van der Waals surface area contributed by atoms with E-state index < -0.39 is 5.60 Å². The van der Waals surface area contributed by atoms with Crippen LogP contribution in [0.2, 0.25) is 0 Å². The minimum absolute atomic E-state index is 0.331. The number of aliphatic hydroxyl groups is 1. The van der Waals surface area contributed by atoms with Gasteiger partial charge < -0.3 is 20.5 Å². The van der Waals surface area contributed by atoms with E-state index in [4.69, 9.17) is 10.5 Å². The Kier molecular flexibility index (Phi) is 5.86. The van der Waals surface area contributed by atoms with Gasteiger partial charge >= 0.3 is 0 Å². The number of piperidine rings is 1. The van der Waals surface area contributed by atoms with Crippen molar-refractivity contribution >= 4 is 0 Å². The minimum Gasteiger partial charge on any atom is -0.389 e. The fourth-order valence-corrected chi connectivity index (χ4v) is 2.64. The Morgan fingerprint density at radius 3 is 2.53 bits per heavy atom. The molecule has 0 spiro atoms. The largest absolute Gasteiger partial charge is 0.389 e. The van der Waals surface area contributed by atoms with Gasteiger partial charge in [-0.15, -0.1) is 0 Å². The zero-order chi connectivity index (χ0) is 12.9. The molecule has 4 heteroatoms. The van der Waals surface area contributed by atoms with Gasteiger partial charge in [-0.3, -0.25) is 0 Å². The van der Waals surface area contributed by atoms with Crippen LogP contribution < -0.4 is 5.73 Å². The van der Waals surface area contributed by atoms with Gasteiger partial charge in [0, 0.05) is 26.3 Å². The summed E-state index contributed by atoms with van der Waals surface area (Å²) in [6, 6.07) is 0.400. The standard InChI is InChI=1S/C13H28N2O2/c1-11(8-13(2,16)10-14)15-6-4-12(5-7-15)9-17-3/h11-12,16H,4-10,14H2,1-3H3. The maximum Gasteiger partial charge on any atom is 0.0756 e. The summed E-state index contributed by atoms with van der Waals surface area (Å²) in [6.45, 7) is 7.42. The zero-order valence-electron chi connectivity index (χ0n) is 11.5. The molecular weight excluding hydrogens is 216 g/mol. The second-order valence-electron chi connectivity index (χ2n) is 5.69. The molecular formula is C13H28N2O2. The Hall–Kier alpha value is -0.160. The van der Waals surface area contributed by atoms with E-state index in [0.717, 1.165) is 26.1 Å². The first-order valence-corrected chi connectivity index (χ1v) is 6.64. The van der Waals surface area contributed by atoms with Crippen molar-refractivity contribution in [1.82, 2.24) is 4.90 Å². The first-order valence-electron chi connectivity index (χ1n) is 6.64. The van der Waals surface area contributed by atoms with Crippen molar-refractivity contribution in [3.05, 3.63) is 0 Å². The molecule has 17 heavy (non-hydrogen) atoms. The lowest BCUT2D eigenvalue weighted by Gasteiger charge is -2.38. The Morgan fingerprint density at radius 2 is 2.06 bits per heavy atom. The van der Waals surface area contributed by atoms with Crippen LogP contribution in [0.25, 0.3) is 0 Å². The number of nitrogens with two attached hydrogens (primary N) is 1. The van der Waals surface area contributed by atoms with Crippen LogP contribution >= 0.6 is 0 Å². The molecule has 1 fully saturated rings. The number of rotatable bonds is 6. The average Bonchev–Trinajstić information content (AvgIpc) is 2.30. The molecule has 4 nitrogen and oxygen atoms in total. The van der Waals surface area contributed by atoms with E-state index in [9.17, 15) is 5.11 Å². The topological polar surface area (TPSA) is 58.7 Å². The molecule has 0 aliphatic carbocycles. The SMILES string of the molecule is COCC1CCN(C(C)CC(C)(O)CN)CC1. The highest BCUT2D eigenvalue weighted by atomic mass is 16.5. The Balaban J connectivity index is 2.33. The highest BCUT2D eigenvalue weighted by Gasteiger charge is 2.27. The molecule has 3 N–H and O–H groups in total. The summed E-state index contributed by atoms with van der Waals surface area (Å²) in [5.41, 5.74) is 4.83. The lowest BCUT2D eigenvalue weighted by molar-refractivity contribution is 0.0158. The molecule has 0 radical (unpaired) electrons. The molecule has 0 aromatic rings. The van der Waals surface area contributed by atoms with Crippen LogP contribution in [0.3, 0.4) is 0 Å². The van der Waals surface area contributed by atoms with E-state index in [1.807, 2.05) is 6.92 Å². The normalized spacial score (nSPS) is 24.5. The Morgan fingerprint density at radius 1 is 1.47 bits per heavy atom. The van der Waals surface area contributed by atoms with Gasteiger partial charge in [0.2, 0.25) is 0 Å². The lowest BCUT2D eigenvalue weighted by Crippen LogP contribution is -2.46. The third-order valence-corrected chi connectivity index (χ3v) is 3.85. The van der Waals surface area contributed by atoms with E-state index in [1.165, 1.54) is 12.8 Å². The van der Waals surface area contributed by atoms with Crippen LogP contribution in [0.15, 0.2) is 0 Å². The fraction of sp³-hybridized carbons (Fsp3) is 1.00. The quantitative estimate of drug-likeness (QED) is 0.727. The van der Waals surface area contributed by atoms with Crippen molar-refractivity contribution in [3.8, 4) is 0 Å². The maximum absolute atomic E-state index is 9.99. The molecule has 1 aliphatic rings. The number of likely N-dealkylation sites (tertiary alicyclic amines) is 1. The van der Waals surface area contributed by atoms with Crippen molar-refractivity contribution in [2.24, 2.45) is 11.7 Å². The molecule has 102 valence electrons. The zero-order valence-corrected chi connectivity index (χ0v) is 11.5. The van der Waals surface area contributed by atoms with Crippen molar-refractivity contribution in [2.45, 2.75) is 44.8 Å². The molecule has 0 amide bonds. The third-order valence-electron chi connectivity index (χ3n) is 3.85. The van der Waals surface area contributed by atoms with Gasteiger partial charge in [0.15, 0.2) is 0 Å². The van der Waals surface area contributed by atoms with Crippen LogP contribution in [-0.2, 0) is 4.74 Å². The Bertz CT molecular complexity index is 213. The summed E-state index contributed by atoms with van der Waals surface area (Å²) in [7, 11) is 1.77. The predicted octanol–water partition coefficient (Wildman–Crippen LogP) is 0.833. The minimum atomic E-state index is -0.733. The highest BCUT2D eigenvalue weighted by molar-refractivity contribution is 4.83. The maximum atomic E-state index is 9.99. The van der Waals surface area contributed by atoms with E-state index in [0.29, 0.717) is 18.5 Å². The Labute approximate surface area is 105 Å². The van der Waals surface area contributed by atoms with E-state index in [-0.39, 0.29) is 0 Å². The van der Waals surface area contributed by atoms with Crippen LogP contribution in [-0.4, -0.2) is 55.0 Å². The molecule has 1 aliphatic heterocycles. The first-order chi connectivity index (χ1) is 7.98. The van der Waals surface area contributed by atoms with Crippen molar-refractivity contribution in [1.29, 1.82) is 0 Å². The summed E-state index contributed by atoms with van der Waals surface area (Å²) in [5, 5.41) is 9.99. The van der Waals surface area contributed by atoms with Crippen LogP contribution in [0.5, 0.6) is 0 Å². The van der Waals surface area contributed by atoms with Crippen molar-refractivity contribution < 1.29 is 9.84 Å². The molecule has 1 rings (SSSR count). The van der Waals surface area contributed by atoms with Crippen LogP contribution in [0, 0.1) is 5.92 Å². The monoisotopic (exact) mass is 244 g/mol. The van der Waals surface area contributed by atoms with E-state index in [2.05, 4.69) is 11.8 Å². The summed E-state index contributed by atoms with van der Waals surface area (Å²) in [5.74, 6) is 0.707. The summed E-state index contributed by atoms with van der Waals surface area (Å²) >= 11 is 0. The van der Waals surface area contributed by atoms with Gasteiger partial charge in [0.1, 0.15) is 0 Å². The van der Waals surface area contributed by atoms with Crippen LogP contribution in [0.4, 0.5) is 0 Å². The van der Waals surface area contributed by atoms with Crippen LogP contribution in [0.1, 0.15) is 33.1 Å². The molecule has 2 atom stereocenters. The fourth-order valence-electron chi connectivity index (χ4n) is 2.64. The number of methoxy groups -OCH3 is 1. The van der Waals surface area contributed by atoms with Gasteiger partial charge in [-0.2, -0.15) is 0 Å². The first kappa shape index (κ1) is 14.9. The molecule has 0 aromatic carbocycles. The van der Waals surface area contributed by atoms with E-state index in [1.54, 1.807) is 7.11 Å². The summed E-state index contributed by atoms with van der Waals surface area (Å²) in [4.78, 5) is 2.45. The molecule has 2 unspecified atom stereocenters. The molecule has 1 saturated heterocycles. The molecule has 0 bridgehead atoms. The smallest absolute Gasteiger partial charge is 0.0756 e. The second-order valence-corrected chi connectivity index (χ2v) is 5.69. The number of hydrogen-bond donors (Lipinski definition) is 2. The number of hydrogen-bond acceptors (Lipinski definition) is 4. The van der Waals surface area contributed by atoms with Crippen molar-refractivity contribution in [2.75, 3.05) is 33.4 Å². The van der Waals surface area contributed by atoms with Gasteiger partial charge in [0.05, 0.1) is 5.60 Å². The second kappa shape index (κ2) is 6.69. The van der Waals surface area contributed by atoms with E-state index >= 15 is 0 Å². The van der Waals surface area contributed by atoms with Gasteiger partial charge in [-0.25, -0.2) is 0 Å². The number of nitrogens with zero attached hydrogens (tertiary/aromatic N) is 1. The van der Waals surface area contributed by atoms with Gasteiger partial charge in [0.25, 0.3) is 0 Å². The average molecular weight is 244 g/mol. The van der Waals surface area contributed by atoms with Crippen molar-refractivity contribution in [3.63, 3.8) is 0 Å². The highest BCUT2D eigenvalue weighted by Crippen LogP contribution is 2.22. The number of ether oxygens (including phenoxy) is 1. The predicted molar refractivity (Wildman–Crippen MR) is 69.9 cm³/mol.